The van der Waals surface area contributed by atoms with Gasteiger partial charge in [0.05, 0.1) is 31.2 Å². The lowest BCUT2D eigenvalue weighted by Gasteiger charge is -2.64. The number of benzene rings is 1. The van der Waals surface area contributed by atoms with E-state index in [9.17, 15) is 19.7 Å². The molecule has 0 aromatic heterocycles. The SMILES string of the molecule is COc1cccc(CC(=O)N[C@@H](CCCN=C(N)N[N+](=O)[O-])C(=O)N[C@@H](CC(C)C)B2O[C@@H]3C[C@@H]4C[C@@H](C4(C)C)[C@]3(C)O2)c1. The fraction of sp³-hybridized carbons (Fsp3) is 0.700. The quantitative estimate of drug-likeness (QED) is 0.0611. The van der Waals surface area contributed by atoms with E-state index in [0.29, 0.717) is 30.4 Å². The van der Waals surface area contributed by atoms with Crippen molar-refractivity contribution in [2.75, 3.05) is 13.7 Å². The number of nitro groups is 1. The largest absolute Gasteiger partial charge is 0.497 e. The molecule has 242 valence electrons. The fourth-order valence-corrected chi connectivity index (χ4v) is 7.21. The van der Waals surface area contributed by atoms with Crippen LogP contribution in [0, 0.1) is 33.3 Å². The van der Waals surface area contributed by atoms with E-state index in [1.54, 1.807) is 30.7 Å². The molecule has 14 heteroatoms. The van der Waals surface area contributed by atoms with Crippen LogP contribution in [-0.4, -0.2) is 67.3 Å². The predicted molar refractivity (Wildman–Crippen MR) is 166 cm³/mol. The van der Waals surface area contributed by atoms with Crippen molar-refractivity contribution in [2.24, 2.45) is 33.9 Å². The molecule has 6 atom stereocenters. The zero-order valence-electron chi connectivity index (χ0n) is 26.6. The third-order valence-corrected chi connectivity index (χ3v) is 9.64. The fourth-order valence-electron chi connectivity index (χ4n) is 7.21. The molecule has 1 aliphatic heterocycles. The second-order valence-electron chi connectivity index (χ2n) is 13.5. The molecule has 1 aromatic rings. The topological polar surface area (TPSA) is 179 Å². The molecule has 5 N–H and O–H groups in total. The Morgan fingerprint density at radius 1 is 1.25 bits per heavy atom. The first-order chi connectivity index (χ1) is 20.7. The maximum atomic E-state index is 13.8. The van der Waals surface area contributed by atoms with Crippen LogP contribution < -0.4 is 26.5 Å². The van der Waals surface area contributed by atoms with E-state index in [4.69, 9.17) is 19.8 Å². The van der Waals surface area contributed by atoms with Gasteiger partial charge in [0.15, 0.2) is 5.03 Å². The Balaban J connectivity index is 1.46. The van der Waals surface area contributed by atoms with Gasteiger partial charge in [-0.15, -0.1) is 0 Å². The average molecular weight is 615 g/mol. The van der Waals surface area contributed by atoms with E-state index in [-0.39, 0.29) is 54.6 Å². The third-order valence-electron chi connectivity index (χ3n) is 9.64. The summed E-state index contributed by atoms with van der Waals surface area (Å²) in [7, 11) is 0.956. The maximum Gasteiger partial charge on any atom is 0.481 e. The molecule has 4 fully saturated rings. The summed E-state index contributed by atoms with van der Waals surface area (Å²) in [4.78, 5) is 41.5. The summed E-state index contributed by atoms with van der Waals surface area (Å²) in [5.74, 6) is 0.445. The summed E-state index contributed by atoms with van der Waals surface area (Å²) < 4.78 is 18.5. The number of hydrogen-bond donors (Lipinski definition) is 4. The number of carbonyl (C=O) groups excluding carboxylic acids is 2. The Labute approximate surface area is 259 Å². The number of nitrogens with two attached hydrogens (primary N) is 1. The van der Waals surface area contributed by atoms with Crippen LogP contribution in [0.2, 0.25) is 0 Å². The molecule has 2 bridgehead atoms. The number of amides is 2. The second-order valence-corrected chi connectivity index (χ2v) is 13.5. The first-order valence-corrected chi connectivity index (χ1v) is 15.5. The number of guanidine groups is 1. The van der Waals surface area contributed by atoms with Crippen molar-refractivity contribution in [1.82, 2.24) is 16.1 Å². The number of rotatable bonds is 14. The van der Waals surface area contributed by atoms with Gasteiger partial charge in [-0.2, -0.15) is 0 Å². The molecule has 13 nitrogen and oxygen atoms in total. The van der Waals surface area contributed by atoms with Gasteiger partial charge in [-0.25, -0.2) is 15.1 Å². The zero-order chi connectivity index (χ0) is 32.2. The standard InChI is InChI=1S/C30H47BN6O7/c1-18(2)13-25(31-43-24-17-20-16-23(29(20,3)4)30(24,5)44-31)35-27(39)22(11-8-12-33-28(32)36-37(40)41)34-26(38)15-19-9-7-10-21(14-19)42-6/h7,9-10,14,18,20,22-25H,8,11-13,15-17H2,1-6H3,(H,34,38)(H,35,39)(H3,32,33,36)/t20-,22-,23-,24+,25-,30-/m0/s1. The van der Waals surface area contributed by atoms with E-state index < -0.39 is 29.7 Å². The van der Waals surface area contributed by atoms with Gasteiger partial charge >= 0.3 is 7.12 Å². The summed E-state index contributed by atoms with van der Waals surface area (Å²) in [6, 6.07) is 6.30. The van der Waals surface area contributed by atoms with Crippen molar-refractivity contribution in [2.45, 2.75) is 96.8 Å². The van der Waals surface area contributed by atoms with E-state index in [1.165, 1.54) is 0 Å². The minimum atomic E-state index is -0.881. The van der Waals surface area contributed by atoms with E-state index >= 15 is 0 Å². The van der Waals surface area contributed by atoms with Gasteiger partial charge in [-0.3, -0.25) is 9.59 Å². The van der Waals surface area contributed by atoms with Crippen molar-refractivity contribution in [3.05, 3.63) is 39.9 Å². The number of methoxy groups -OCH3 is 1. The van der Waals surface area contributed by atoms with Crippen LogP contribution in [0.4, 0.5) is 0 Å². The van der Waals surface area contributed by atoms with Gasteiger partial charge in [0.25, 0.3) is 5.96 Å². The molecular formula is C30H47BN6O7. The van der Waals surface area contributed by atoms with E-state index in [1.807, 2.05) is 6.07 Å². The molecule has 4 aliphatic rings. The van der Waals surface area contributed by atoms with Crippen molar-refractivity contribution in [1.29, 1.82) is 0 Å². The Kier molecular flexibility index (Phi) is 10.4. The highest BCUT2D eigenvalue weighted by Crippen LogP contribution is 2.65. The molecular weight excluding hydrogens is 567 g/mol. The van der Waals surface area contributed by atoms with Crippen molar-refractivity contribution in [3.8, 4) is 5.75 Å². The highest BCUT2D eigenvalue weighted by atomic mass is 16.7. The third kappa shape index (κ3) is 7.63. The predicted octanol–water partition coefficient (Wildman–Crippen LogP) is 2.40. The first kappa shape index (κ1) is 33.5. The summed E-state index contributed by atoms with van der Waals surface area (Å²) in [5, 5.41) is 15.8. The van der Waals surface area contributed by atoms with Crippen LogP contribution in [0.5, 0.6) is 5.75 Å². The molecule has 0 unspecified atom stereocenters. The van der Waals surface area contributed by atoms with Crippen molar-refractivity contribution < 1.29 is 28.7 Å². The van der Waals surface area contributed by atoms with Gasteiger partial charge in [-0.1, -0.05) is 45.3 Å². The lowest BCUT2D eigenvalue weighted by molar-refractivity contribution is -0.525. The Morgan fingerprint density at radius 3 is 2.66 bits per heavy atom. The van der Waals surface area contributed by atoms with Gasteiger partial charge < -0.3 is 30.4 Å². The van der Waals surface area contributed by atoms with Gasteiger partial charge in [0.1, 0.15) is 11.8 Å². The number of nitrogens with one attached hydrogen (secondary N) is 3. The van der Waals surface area contributed by atoms with E-state index in [2.05, 4.69) is 50.2 Å². The molecule has 44 heavy (non-hydrogen) atoms. The van der Waals surface area contributed by atoms with Gasteiger partial charge in [0, 0.05) is 6.54 Å². The molecule has 3 saturated carbocycles. The van der Waals surface area contributed by atoms with Crippen LogP contribution in [0.3, 0.4) is 0 Å². The summed E-state index contributed by atoms with van der Waals surface area (Å²) in [6.07, 6.45) is 3.33. The average Bonchev–Trinajstić information content (AvgIpc) is 3.31. The molecule has 0 radical (unpaired) electrons. The number of carbonyl (C=O) groups is 2. The first-order valence-electron chi connectivity index (χ1n) is 15.5. The molecule has 1 saturated heterocycles. The van der Waals surface area contributed by atoms with Crippen LogP contribution in [0.25, 0.3) is 0 Å². The van der Waals surface area contributed by atoms with Crippen molar-refractivity contribution in [3.63, 3.8) is 0 Å². The number of aliphatic imine (C=N–C) groups is 1. The Bertz CT molecular complexity index is 1250. The molecule has 1 heterocycles. The number of ether oxygens (including phenoxy) is 1. The normalized spacial score (nSPS) is 26.7. The minimum Gasteiger partial charge on any atom is -0.497 e. The lowest BCUT2D eigenvalue weighted by atomic mass is 9.43. The van der Waals surface area contributed by atoms with E-state index in [0.717, 1.165) is 18.4 Å². The number of hydrazine groups is 1. The highest BCUT2D eigenvalue weighted by molar-refractivity contribution is 6.48. The Morgan fingerprint density at radius 2 is 2.00 bits per heavy atom. The van der Waals surface area contributed by atoms with Crippen LogP contribution in [-0.2, 0) is 25.3 Å². The number of hydrogen-bond acceptors (Lipinski definition) is 8. The lowest BCUT2D eigenvalue weighted by Crippen LogP contribution is -2.65. The summed E-state index contributed by atoms with van der Waals surface area (Å²) in [6.45, 7) is 11.1. The van der Waals surface area contributed by atoms with Crippen LogP contribution in [0.1, 0.15) is 72.3 Å². The molecule has 5 rings (SSSR count). The van der Waals surface area contributed by atoms with Crippen LogP contribution >= 0.6 is 0 Å². The highest BCUT2D eigenvalue weighted by Gasteiger charge is 2.68. The molecule has 2 amide bonds. The summed E-state index contributed by atoms with van der Waals surface area (Å²) in [5.41, 5.74) is 7.84. The molecule has 3 aliphatic carbocycles. The molecule has 1 aromatic carbocycles. The number of nitrogens with zero attached hydrogens (tertiary/aromatic N) is 2. The smallest absolute Gasteiger partial charge is 0.481 e. The maximum absolute atomic E-state index is 13.8. The minimum absolute atomic E-state index is 0.0229. The second kappa shape index (κ2) is 13.7. The Hall–Kier alpha value is -3.39. The summed E-state index contributed by atoms with van der Waals surface area (Å²) >= 11 is 0. The van der Waals surface area contributed by atoms with Crippen LogP contribution in [0.15, 0.2) is 29.3 Å². The molecule has 0 spiro atoms. The van der Waals surface area contributed by atoms with Gasteiger partial charge in [0.2, 0.25) is 11.8 Å². The van der Waals surface area contributed by atoms with Gasteiger partial charge in [-0.05, 0) is 79.9 Å². The van der Waals surface area contributed by atoms with Crippen molar-refractivity contribution >= 4 is 24.9 Å². The monoisotopic (exact) mass is 614 g/mol. The zero-order valence-corrected chi connectivity index (χ0v) is 26.6.